The molecule has 0 aliphatic carbocycles. The molecule has 18 heavy (non-hydrogen) atoms. The van der Waals surface area contributed by atoms with Gasteiger partial charge in [0.2, 0.25) is 0 Å². The van der Waals surface area contributed by atoms with Crippen molar-refractivity contribution in [3.05, 3.63) is 29.6 Å². The van der Waals surface area contributed by atoms with E-state index in [-0.39, 0.29) is 0 Å². The van der Waals surface area contributed by atoms with Crippen molar-refractivity contribution < 1.29 is 9.47 Å². The molecule has 1 aromatic carbocycles. The van der Waals surface area contributed by atoms with E-state index in [1.165, 1.54) is 0 Å². The van der Waals surface area contributed by atoms with Crippen LogP contribution in [0.25, 0.3) is 0 Å². The SMILES string of the molecule is COc1cccc(Oc2c(C)nn(C)c2C)c1N. The van der Waals surface area contributed by atoms with E-state index in [2.05, 4.69) is 5.10 Å². The number of rotatable bonds is 3. The zero-order chi connectivity index (χ0) is 13.3. The Balaban J connectivity index is 2.40. The van der Waals surface area contributed by atoms with Crippen molar-refractivity contribution in [1.29, 1.82) is 0 Å². The summed E-state index contributed by atoms with van der Waals surface area (Å²) >= 11 is 0. The number of nitrogens with zero attached hydrogens (tertiary/aromatic N) is 2. The number of ether oxygens (including phenoxy) is 2. The molecule has 2 N–H and O–H groups in total. The molecule has 1 aromatic heterocycles. The summed E-state index contributed by atoms with van der Waals surface area (Å²) in [6.07, 6.45) is 0. The van der Waals surface area contributed by atoms with Crippen LogP contribution in [-0.4, -0.2) is 16.9 Å². The largest absolute Gasteiger partial charge is 0.494 e. The van der Waals surface area contributed by atoms with Gasteiger partial charge >= 0.3 is 0 Å². The number of methoxy groups -OCH3 is 1. The fourth-order valence-electron chi connectivity index (χ4n) is 1.80. The van der Waals surface area contributed by atoms with Crippen LogP contribution in [0, 0.1) is 13.8 Å². The lowest BCUT2D eigenvalue weighted by atomic mass is 10.2. The Labute approximate surface area is 106 Å². The van der Waals surface area contributed by atoms with Crippen molar-refractivity contribution in [2.45, 2.75) is 13.8 Å². The van der Waals surface area contributed by atoms with Gasteiger partial charge in [-0.3, -0.25) is 4.68 Å². The third-order valence-electron chi connectivity index (χ3n) is 2.90. The molecule has 0 fully saturated rings. The second-order valence-electron chi connectivity index (χ2n) is 4.10. The maximum absolute atomic E-state index is 5.97. The van der Waals surface area contributed by atoms with E-state index in [9.17, 15) is 0 Å². The summed E-state index contributed by atoms with van der Waals surface area (Å²) < 4.78 is 12.8. The van der Waals surface area contributed by atoms with Gasteiger partial charge in [-0.05, 0) is 26.0 Å². The zero-order valence-electron chi connectivity index (χ0n) is 11.0. The average Bonchev–Trinajstić information content (AvgIpc) is 2.58. The standard InChI is InChI=1S/C13H17N3O2/c1-8-13(9(2)16(3)15-8)18-11-7-5-6-10(17-4)12(11)14/h5-7H,14H2,1-4H3. The van der Waals surface area contributed by atoms with E-state index in [1.54, 1.807) is 17.9 Å². The van der Waals surface area contributed by atoms with Crippen LogP contribution >= 0.6 is 0 Å². The fourth-order valence-corrected chi connectivity index (χ4v) is 1.80. The van der Waals surface area contributed by atoms with E-state index >= 15 is 0 Å². The van der Waals surface area contributed by atoms with E-state index in [1.807, 2.05) is 33.0 Å². The molecule has 0 saturated heterocycles. The monoisotopic (exact) mass is 247 g/mol. The number of para-hydroxylation sites is 1. The number of aryl methyl sites for hydroxylation is 2. The van der Waals surface area contributed by atoms with Crippen molar-refractivity contribution in [2.24, 2.45) is 7.05 Å². The smallest absolute Gasteiger partial charge is 0.171 e. The third-order valence-corrected chi connectivity index (χ3v) is 2.90. The summed E-state index contributed by atoms with van der Waals surface area (Å²) in [6.45, 7) is 3.85. The topological polar surface area (TPSA) is 62.3 Å². The highest BCUT2D eigenvalue weighted by Crippen LogP contribution is 2.36. The number of benzene rings is 1. The van der Waals surface area contributed by atoms with Crippen molar-refractivity contribution >= 4 is 5.69 Å². The number of anilines is 1. The minimum atomic E-state index is 0.489. The highest BCUT2D eigenvalue weighted by Gasteiger charge is 2.14. The summed E-state index contributed by atoms with van der Waals surface area (Å²) in [5, 5.41) is 4.30. The van der Waals surface area contributed by atoms with Gasteiger partial charge in [-0.2, -0.15) is 5.10 Å². The fraction of sp³-hybridized carbons (Fsp3) is 0.308. The van der Waals surface area contributed by atoms with Crippen LogP contribution in [0.3, 0.4) is 0 Å². The van der Waals surface area contributed by atoms with Gasteiger partial charge in [0.05, 0.1) is 12.8 Å². The highest BCUT2D eigenvalue weighted by atomic mass is 16.5. The van der Waals surface area contributed by atoms with Crippen molar-refractivity contribution in [3.8, 4) is 17.2 Å². The summed E-state index contributed by atoms with van der Waals surface area (Å²) in [4.78, 5) is 0. The number of hydrogen-bond acceptors (Lipinski definition) is 4. The maximum Gasteiger partial charge on any atom is 0.171 e. The lowest BCUT2D eigenvalue weighted by molar-refractivity contribution is 0.411. The molecule has 96 valence electrons. The first kappa shape index (κ1) is 12.3. The van der Waals surface area contributed by atoms with Crippen LogP contribution in [0.4, 0.5) is 5.69 Å². The van der Waals surface area contributed by atoms with Crippen LogP contribution in [0.15, 0.2) is 18.2 Å². The number of hydrogen-bond donors (Lipinski definition) is 1. The van der Waals surface area contributed by atoms with Gasteiger partial charge in [-0.15, -0.1) is 0 Å². The third kappa shape index (κ3) is 1.99. The maximum atomic E-state index is 5.97. The quantitative estimate of drug-likeness (QED) is 0.846. The molecule has 1 heterocycles. The molecule has 5 nitrogen and oxygen atoms in total. The predicted molar refractivity (Wildman–Crippen MR) is 70.2 cm³/mol. The Bertz CT molecular complexity index is 576. The van der Waals surface area contributed by atoms with Gasteiger partial charge in [-0.25, -0.2) is 0 Å². The van der Waals surface area contributed by atoms with Gasteiger partial charge in [0, 0.05) is 7.05 Å². The molecule has 0 amide bonds. The molecular formula is C13H17N3O2. The molecule has 0 aliphatic rings. The highest BCUT2D eigenvalue weighted by molar-refractivity contribution is 5.63. The minimum Gasteiger partial charge on any atom is -0.494 e. The average molecular weight is 247 g/mol. The van der Waals surface area contributed by atoms with E-state index in [4.69, 9.17) is 15.2 Å². The van der Waals surface area contributed by atoms with E-state index < -0.39 is 0 Å². The van der Waals surface area contributed by atoms with Gasteiger partial charge in [0.1, 0.15) is 17.1 Å². The van der Waals surface area contributed by atoms with Crippen LogP contribution in [0.5, 0.6) is 17.2 Å². The number of aromatic nitrogens is 2. The lowest BCUT2D eigenvalue weighted by Crippen LogP contribution is -1.97. The molecule has 0 atom stereocenters. The molecule has 5 heteroatoms. The van der Waals surface area contributed by atoms with E-state index in [0.29, 0.717) is 17.2 Å². The Hall–Kier alpha value is -2.17. The summed E-state index contributed by atoms with van der Waals surface area (Å²) in [5.41, 5.74) is 8.24. The number of nitrogen functional groups attached to an aromatic ring is 1. The molecule has 0 radical (unpaired) electrons. The lowest BCUT2D eigenvalue weighted by Gasteiger charge is -2.11. The van der Waals surface area contributed by atoms with Crippen molar-refractivity contribution in [2.75, 3.05) is 12.8 Å². The van der Waals surface area contributed by atoms with Gasteiger partial charge in [-0.1, -0.05) is 6.07 Å². The first-order valence-electron chi connectivity index (χ1n) is 5.65. The number of nitrogens with two attached hydrogens (primary N) is 1. The summed E-state index contributed by atoms with van der Waals surface area (Å²) in [6, 6.07) is 5.44. The first-order valence-corrected chi connectivity index (χ1v) is 5.65. The van der Waals surface area contributed by atoms with Gasteiger partial charge < -0.3 is 15.2 Å². The van der Waals surface area contributed by atoms with Crippen molar-refractivity contribution in [3.63, 3.8) is 0 Å². The van der Waals surface area contributed by atoms with Crippen LogP contribution < -0.4 is 15.2 Å². The summed E-state index contributed by atoms with van der Waals surface area (Å²) in [5.74, 6) is 1.91. The van der Waals surface area contributed by atoms with Crippen molar-refractivity contribution in [1.82, 2.24) is 9.78 Å². The molecule has 0 bridgehead atoms. The molecule has 0 aliphatic heterocycles. The zero-order valence-corrected chi connectivity index (χ0v) is 11.0. The first-order chi connectivity index (χ1) is 8.54. The second kappa shape index (κ2) is 4.60. The molecular weight excluding hydrogens is 230 g/mol. The van der Waals surface area contributed by atoms with Gasteiger partial charge in [0.15, 0.2) is 11.5 Å². The minimum absolute atomic E-state index is 0.489. The molecule has 0 spiro atoms. The van der Waals surface area contributed by atoms with Crippen LogP contribution in [0.2, 0.25) is 0 Å². The Morgan fingerprint density at radius 2 is 1.89 bits per heavy atom. The normalized spacial score (nSPS) is 10.4. The van der Waals surface area contributed by atoms with Crippen LogP contribution in [-0.2, 0) is 7.05 Å². The molecule has 0 unspecified atom stereocenters. The van der Waals surface area contributed by atoms with E-state index in [0.717, 1.165) is 17.1 Å². The molecule has 2 aromatic rings. The molecule has 0 saturated carbocycles. The van der Waals surface area contributed by atoms with Gasteiger partial charge in [0.25, 0.3) is 0 Å². The predicted octanol–water partition coefficient (Wildman–Crippen LogP) is 2.42. The van der Waals surface area contributed by atoms with Crippen LogP contribution in [0.1, 0.15) is 11.4 Å². The molecule has 2 rings (SSSR count). The Morgan fingerprint density at radius 3 is 2.44 bits per heavy atom. The second-order valence-corrected chi connectivity index (χ2v) is 4.10. The Morgan fingerprint density at radius 1 is 1.22 bits per heavy atom. The summed E-state index contributed by atoms with van der Waals surface area (Å²) in [7, 11) is 3.46. The Kier molecular flexibility index (Phi) is 3.14.